The summed E-state index contributed by atoms with van der Waals surface area (Å²) in [7, 11) is 0. The molecule has 0 atom stereocenters. The van der Waals surface area contributed by atoms with E-state index in [1.165, 1.54) is 11.3 Å². The highest BCUT2D eigenvalue weighted by molar-refractivity contribution is 9.11. The maximum atomic E-state index is 11.7. The van der Waals surface area contributed by atoms with Gasteiger partial charge in [-0.3, -0.25) is 4.79 Å². The summed E-state index contributed by atoms with van der Waals surface area (Å²) in [6.45, 7) is 2.29. The second kappa shape index (κ2) is 4.84. The van der Waals surface area contributed by atoms with Crippen molar-refractivity contribution in [2.45, 2.75) is 13.5 Å². The zero-order valence-corrected chi connectivity index (χ0v) is 11.0. The molecule has 2 rings (SSSR count). The molecule has 3 nitrogen and oxygen atoms in total. The van der Waals surface area contributed by atoms with E-state index in [1.54, 1.807) is 6.07 Å². The third-order valence-corrected chi connectivity index (χ3v) is 3.55. The molecule has 0 unspecified atom stereocenters. The monoisotopic (exact) mass is 299 g/mol. The fourth-order valence-corrected chi connectivity index (χ4v) is 2.42. The normalized spacial score (nSPS) is 10.4. The first-order valence-electron chi connectivity index (χ1n) is 4.72. The molecule has 5 heteroatoms. The van der Waals surface area contributed by atoms with Crippen LogP contribution >= 0.6 is 27.3 Å². The zero-order chi connectivity index (χ0) is 11.5. The third kappa shape index (κ3) is 2.74. The lowest BCUT2D eigenvalue weighted by atomic mass is 10.3. The van der Waals surface area contributed by atoms with Crippen LogP contribution in [0.25, 0.3) is 0 Å². The Morgan fingerprint density at radius 1 is 1.56 bits per heavy atom. The number of nitrogens with one attached hydrogen (secondary N) is 1. The first-order chi connectivity index (χ1) is 7.65. The van der Waals surface area contributed by atoms with E-state index in [2.05, 4.69) is 21.2 Å². The van der Waals surface area contributed by atoms with Crippen LogP contribution in [0, 0.1) is 6.92 Å². The molecule has 0 radical (unpaired) electrons. The zero-order valence-electron chi connectivity index (χ0n) is 8.62. The van der Waals surface area contributed by atoms with Crippen LogP contribution in [0.2, 0.25) is 0 Å². The van der Waals surface area contributed by atoms with Crippen LogP contribution in [0.3, 0.4) is 0 Å². The Kier molecular flexibility index (Phi) is 3.46. The highest BCUT2D eigenvalue weighted by Gasteiger charge is 2.08. The highest BCUT2D eigenvalue weighted by atomic mass is 79.9. The number of hydrogen-bond donors (Lipinski definition) is 1. The summed E-state index contributed by atoms with van der Waals surface area (Å²) < 4.78 is 6.30. The van der Waals surface area contributed by atoms with Gasteiger partial charge in [0.2, 0.25) is 0 Å². The predicted molar refractivity (Wildman–Crippen MR) is 66.6 cm³/mol. The smallest absolute Gasteiger partial charge is 0.252 e. The van der Waals surface area contributed by atoms with Crippen molar-refractivity contribution < 1.29 is 9.21 Å². The second-order valence-corrected chi connectivity index (χ2v) is 5.62. The number of furan rings is 1. The molecule has 2 heterocycles. The van der Waals surface area contributed by atoms with E-state index in [9.17, 15) is 4.79 Å². The van der Waals surface area contributed by atoms with Crippen LogP contribution in [0.5, 0.6) is 0 Å². The lowest BCUT2D eigenvalue weighted by Gasteiger charge is -2.00. The number of halogens is 1. The summed E-state index contributed by atoms with van der Waals surface area (Å²) in [5.74, 6) is 1.53. The van der Waals surface area contributed by atoms with Gasteiger partial charge in [-0.15, -0.1) is 11.3 Å². The fraction of sp³-hybridized carbons (Fsp3) is 0.182. The molecular formula is C11H10BrNO2S. The maximum absolute atomic E-state index is 11.7. The molecule has 0 aliphatic heterocycles. The van der Waals surface area contributed by atoms with Crippen LogP contribution in [0.4, 0.5) is 0 Å². The van der Waals surface area contributed by atoms with Gasteiger partial charge in [0, 0.05) is 5.38 Å². The van der Waals surface area contributed by atoms with Crippen LogP contribution in [0.1, 0.15) is 21.9 Å². The molecule has 0 saturated heterocycles. The van der Waals surface area contributed by atoms with Gasteiger partial charge in [-0.05, 0) is 41.1 Å². The Balaban J connectivity index is 1.93. The van der Waals surface area contributed by atoms with Gasteiger partial charge >= 0.3 is 0 Å². The largest absolute Gasteiger partial charge is 0.465 e. The van der Waals surface area contributed by atoms with Crippen molar-refractivity contribution in [3.05, 3.63) is 44.4 Å². The molecule has 1 N–H and O–H groups in total. The van der Waals surface area contributed by atoms with Crippen molar-refractivity contribution in [1.82, 2.24) is 5.32 Å². The van der Waals surface area contributed by atoms with E-state index >= 15 is 0 Å². The molecule has 2 aromatic heterocycles. The molecule has 0 aliphatic rings. The number of thiophene rings is 1. The van der Waals surface area contributed by atoms with Crippen molar-refractivity contribution in [3.8, 4) is 0 Å². The molecule has 84 valence electrons. The number of aryl methyl sites for hydroxylation is 1. The van der Waals surface area contributed by atoms with Crippen molar-refractivity contribution in [1.29, 1.82) is 0 Å². The predicted octanol–water partition coefficient (Wildman–Crippen LogP) is 3.34. The van der Waals surface area contributed by atoms with Gasteiger partial charge in [0.25, 0.3) is 5.91 Å². The Morgan fingerprint density at radius 3 is 2.94 bits per heavy atom. The van der Waals surface area contributed by atoms with Gasteiger partial charge in [-0.1, -0.05) is 0 Å². The summed E-state index contributed by atoms with van der Waals surface area (Å²) in [5.41, 5.74) is 0.667. The number of carbonyl (C=O) groups is 1. The molecule has 0 aromatic carbocycles. The van der Waals surface area contributed by atoms with Crippen molar-refractivity contribution in [3.63, 3.8) is 0 Å². The molecule has 0 spiro atoms. The Hall–Kier alpha value is -1.07. The van der Waals surface area contributed by atoms with Crippen LogP contribution in [-0.4, -0.2) is 5.91 Å². The minimum absolute atomic E-state index is 0.0870. The van der Waals surface area contributed by atoms with Gasteiger partial charge in [-0.2, -0.15) is 0 Å². The van der Waals surface area contributed by atoms with Gasteiger partial charge < -0.3 is 9.73 Å². The lowest BCUT2D eigenvalue weighted by molar-refractivity contribution is 0.0948. The molecule has 0 bridgehead atoms. The van der Waals surface area contributed by atoms with Crippen LogP contribution in [-0.2, 0) is 6.54 Å². The van der Waals surface area contributed by atoms with E-state index in [4.69, 9.17) is 4.42 Å². The Bertz CT molecular complexity index is 504. The molecule has 0 aliphatic carbocycles. The lowest BCUT2D eigenvalue weighted by Crippen LogP contribution is -2.21. The standard InChI is InChI=1S/C11H10BrNO2S/c1-7-2-3-9(15-7)5-13-11(14)8-4-10(12)16-6-8/h2-4,6H,5H2,1H3,(H,13,14). The van der Waals surface area contributed by atoms with E-state index in [0.29, 0.717) is 12.1 Å². The molecule has 2 aromatic rings. The molecule has 0 saturated carbocycles. The quantitative estimate of drug-likeness (QED) is 0.944. The van der Waals surface area contributed by atoms with E-state index in [0.717, 1.165) is 15.3 Å². The maximum Gasteiger partial charge on any atom is 0.252 e. The SMILES string of the molecule is Cc1ccc(CNC(=O)c2csc(Br)c2)o1. The average Bonchev–Trinajstić information content (AvgIpc) is 2.84. The highest BCUT2D eigenvalue weighted by Crippen LogP contribution is 2.20. The summed E-state index contributed by atoms with van der Waals surface area (Å²) in [5, 5.41) is 4.61. The van der Waals surface area contributed by atoms with Crippen molar-refractivity contribution in [2.75, 3.05) is 0 Å². The van der Waals surface area contributed by atoms with Crippen LogP contribution in [0.15, 0.2) is 31.8 Å². The van der Waals surface area contributed by atoms with Gasteiger partial charge in [0.15, 0.2) is 0 Å². The van der Waals surface area contributed by atoms with Gasteiger partial charge in [-0.25, -0.2) is 0 Å². The number of rotatable bonds is 3. The molecular weight excluding hydrogens is 290 g/mol. The van der Waals surface area contributed by atoms with Gasteiger partial charge in [0.05, 0.1) is 15.9 Å². The summed E-state index contributed by atoms with van der Waals surface area (Å²) in [6.07, 6.45) is 0. The Labute approximate surface area is 106 Å². The van der Waals surface area contributed by atoms with Crippen molar-refractivity contribution >= 4 is 33.2 Å². The second-order valence-electron chi connectivity index (χ2n) is 3.33. The topological polar surface area (TPSA) is 42.2 Å². The third-order valence-electron chi connectivity index (χ3n) is 2.05. The van der Waals surface area contributed by atoms with E-state index in [-0.39, 0.29) is 5.91 Å². The molecule has 0 fully saturated rings. The van der Waals surface area contributed by atoms with Crippen LogP contribution < -0.4 is 5.32 Å². The first kappa shape index (κ1) is 11.4. The van der Waals surface area contributed by atoms with E-state index in [1.807, 2.05) is 24.4 Å². The summed E-state index contributed by atoms with van der Waals surface area (Å²) in [6, 6.07) is 5.54. The minimum atomic E-state index is -0.0870. The number of amides is 1. The minimum Gasteiger partial charge on any atom is -0.465 e. The van der Waals surface area contributed by atoms with Crippen molar-refractivity contribution in [2.24, 2.45) is 0 Å². The number of hydrogen-bond acceptors (Lipinski definition) is 3. The first-order valence-corrected chi connectivity index (χ1v) is 6.40. The fourth-order valence-electron chi connectivity index (χ4n) is 1.28. The van der Waals surface area contributed by atoms with Gasteiger partial charge in [0.1, 0.15) is 11.5 Å². The molecule has 1 amide bonds. The summed E-state index contributed by atoms with van der Waals surface area (Å²) in [4.78, 5) is 11.7. The Morgan fingerprint density at radius 2 is 2.38 bits per heavy atom. The average molecular weight is 300 g/mol. The van der Waals surface area contributed by atoms with E-state index < -0.39 is 0 Å². The number of carbonyl (C=O) groups excluding carboxylic acids is 1. The molecule has 16 heavy (non-hydrogen) atoms. The summed E-state index contributed by atoms with van der Waals surface area (Å²) >= 11 is 4.81.